The standard InChI is InChI=1S/C18H15F2N3O3S/c1-26-18-7-6-15(9-16(18)20)27(24,25)23-10-14-8-17(22-11-21-14)12-2-4-13(19)5-3-12/h2-9,11,23H,10H2,1H3. The number of sulfonamides is 1. The molecular weight excluding hydrogens is 376 g/mol. The van der Waals surface area contributed by atoms with Gasteiger partial charge in [0.2, 0.25) is 10.0 Å². The Balaban J connectivity index is 1.77. The summed E-state index contributed by atoms with van der Waals surface area (Å²) in [7, 11) is -2.65. The fourth-order valence-electron chi connectivity index (χ4n) is 2.34. The van der Waals surface area contributed by atoms with Gasteiger partial charge in [0.05, 0.1) is 29.9 Å². The summed E-state index contributed by atoms with van der Waals surface area (Å²) < 4.78 is 58.6. The number of hydrogen-bond donors (Lipinski definition) is 1. The van der Waals surface area contributed by atoms with Gasteiger partial charge < -0.3 is 4.74 Å². The molecule has 3 rings (SSSR count). The molecule has 27 heavy (non-hydrogen) atoms. The SMILES string of the molecule is COc1ccc(S(=O)(=O)NCc2cc(-c3ccc(F)cc3)ncn2)cc1F. The zero-order valence-electron chi connectivity index (χ0n) is 14.2. The van der Waals surface area contributed by atoms with E-state index in [9.17, 15) is 17.2 Å². The zero-order valence-corrected chi connectivity index (χ0v) is 15.0. The van der Waals surface area contributed by atoms with Gasteiger partial charge in [0.15, 0.2) is 11.6 Å². The molecule has 0 amide bonds. The van der Waals surface area contributed by atoms with Gasteiger partial charge in [-0.2, -0.15) is 0 Å². The van der Waals surface area contributed by atoms with Crippen LogP contribution < -0.4 is 9.46 Å². The molecular formula is C18H15F2N3O3S. The molecule has 0 aliphatic heterocycles. The molecule has 6 nitrogen and oxygen atoms in total. The highest BCUT2D eigenvalue weighted by Crippen LogP contribution is 2.21. The van der Waals surface area contributed by atoms with E-state index in [1.807, 2.05) is 0 Å². The molecule has 1 aromatic heterocycles. The lowest BCUT2D eigenvalue weighted by Crippen LogP contribution is -2.24. The first kappa shape index (κ1) is 18.9. The molecule has 0 saturated heterocycles. The number of ether oxygens (including phenoxy) is 1. The van der Waals surface area contributed by atoms with Crippen LogP contribution in [0.1, 0.15) is 5.69 Å². The monoisotopic (exact) mass is 391 g/mol. The molecule has 0 bridgehead atoms. The number of aromatic nitrogens is 2. The van der Waals surface area contributed by atoms with Crippen molar-refractivity contribution in [2.24, 2.45) is 0 Å². The second-order valence-electron chi connectivity index (χ2n) is 5.52. The smallest absolute Gasteiger partial charge is 0.241 e. The molecule has 2 aromatic carbocycles. The van der Waals surface area contributed by atoms with Crippen LogP contribution in [0, 0.1) is 11.6 Å². The highest BCUT2D eigenvalue weighted by Gasteiger charge is 2.17. The quantitative estimate of drug-likeness (QED) is 0.699. The first-order valence-electron chi connectivity index (χ1n) is 7.79. The van der Waals surface area contributed by atoms with Crippen molar-refractivity contribution in [1.82, 2.24) is 14.7 Å². The summed E-state index contributed by atoms with van der Waals surface area (Å²) in [6, 6.07) is 10.7. The van der Waals surface area contributed by atoms with Crippen LogP contribution in [0.15, 0.2) is 59.8 Å². The van der Waals surface area contributed by atoms with Gasteiger partial charge in [-0.15, -0.1) is 0 Å². The van der Waals surface area contributed by atoms with E-state index in [0.717, 1.165) is 6.07 Å². The second-order valence-corrected chi connectivity index (χ2v) is 7.29. The van der Waals surface area contributed by atoms with E-state index in [2.05, 4.69) is 14.7 Å². The molecule has 0 radical (unpaired) electrons. The van der Waals surface area contributed by atoms with Crippen LogP contribution in [0.25, 0.3) is 11.3 Å². The minimum Gasteiger partial charge on any atom is -0.494 e. The summed E-state index contributed by atoms with van der Waals surface area (Å²) in [6.45, 7) is -0.118. The Kier molecular flexibility index (Phi) is 5.43. The number of nitrogens with one attached hydrogen (secondary N) is 1. The third-order valence-corrected chi connectivity index (χ3v) is 5.14. The van der Waals surface area contributed by atoms with Crippen LogP contribution >= 0.6 is 0 Å². The van der Waals surface area contributed by atoms with Crippen LogP contribution in [0.5, 0.6) is 5.75 Å². The van der Waals surface area contributed by atoms with E-state index in [4.69, 9.17) is 4.74 Å². The van der Waals surface area contributed by atoms with Gasteiger partial charge in [-0.3, -0.25) is 0 Å². The van der Waals surface area contributed by atoms with E-state index in [0.29, 0.717) is 17.0 Å². The van der Waals surface area contributed by atoms with Gasteiger partial charge >= 0.3 is 0 Å². The van der Waals surface area contributed by atoms with Crippen molar-refractivity contribution in [3.05, 3.63) is 72.2 Å². The van der Waals surface area contributed by atoms with E-state index >= 15 is 0 Å². The Labute approximate surface area is 154 Å². The van der Waals surface area contributed by atoms with Gasteiger partial charge in [-0.25, -0.2) is 31.9 Å². The largest absolute Gasteiger partial charge is 0.494 e. The number of methoxy groups -OCH3 is 1. The maximum atomic E-state index is 13.7. The Hall–Kier alpha value is -2.91. The Morgan fingerprint density at radius 1 is 1.04 bits per heavy atom. The predicted octanol–water partition coefficient (Wildman–Crippen LogP) is 2.91. The fourth-order valence-corrected chi connectivity index (χ4v) is 3.35. The van der Waals surface area contributed by atoms with Crippen LogP contribution in [-0.4, -0.2) is 25.5 Å². The van der Waals surface area contributed by atoms with Crippen LogP contribution in [0.3, 0.4) is 0 Å². The van der Waals surface area contributed by atoms with Gasteiger partial charge in [0, 0.05) is 5.56 Å². The average molecular weight is 391 g/mol. The van der Waals surface area contributed by atoms with Gasteiger partial charge in [-0.1, -0.05) is 0 Å². The van der Waals surface area contributed by atoms with Gasteiger partial charge in [0.1, 0.15) is 12.1 Å². The maximum Gasteiger partial charge on any atom is 0.241 e. The lowest BCUT2D eigenvalue weighted by Gasteiger charge is -2.09. The van der Waals surface area contributed by atoms with Crippen molar-refractivity contribution < 1.29 is 21.9 Å². The van der Waals surface area contributed by atoms with Crippen molar-refractivity contribution >= 4 is 10.0 Å². The lowest BCUT2D eigenvalue weighted by atomic mass is 10.1. The molecule has 0 aliphatic carbocycles. The molecule has 3 aromatic rings. The average Bonchev–Trinajstić information content (AvgIpc) is 2.67. The minimum atomic E-state index is -3.94. The molecule has 0 atom stereocenters. The van der Waals surface area contributed by atoms with Crippen molar-refractivity contribution in [3.63, 3.8) is 0 Å². The molecule has 140 valence electrons. The molecule has 1 N–H and O–H groups in total. The summed E-state index contributed by atoms with van der Waals surface area (Å²) >= 11 is 0. The normalized spacial score (nSPS) is 11.4. The van der Waals surface area contributed by atoms with Crippen LogP contribution in [0.2, 0.25) is 0 Å². The van der Waals surface area contributed by atoms with E-state index in [1.165, 1.54) is 37.7 Å². The summed E-state index contributed by atoms with van der Waals surface area (Å²) in [6.07, 6.45) is 1.29. The molecule has 0 unspecified atom stereocenters. The number of benzene rings is 2. The van der Waals surface area contributed by atoms with Crippen LogP contribution in [-0.2, 0) is 16.6 Å². The Morgan fingerprint density at radius 3 is 2.44 bits per heavy atom. The van der Waals surface area contributed by atoms with Crippen LogP contribution in [0.4, 0.5) is 8.78 Å². The molecule has 0 spiro atoms. The van der Waals surface area contributed by atoms with E-state index in [1.54, 1.807) is 18.2 Å². The topological polar surface area (TPSA) is 81.2 Å². The number of halogens is 2. The zero-order chi connectivity index (χ0) is 19.4. The molecule has 1 heterocycles. The minimum absolute atomic E-state index is 0.0475. The Bertz CT molecular complexity index is 1060. The van der Waals surface area contributed by atoms with Gasteiger partial charge in [0.25, 0.3) is 0 Å². The third-order valence-electron chi connectivity index (χ3n) is 3.74. The molecule has 0 saturated carbocycles. The predicted molar refractivity (Wildman–Crippen MR) is 94.4 cm³/mol. The first-order valence-corrected chi connectivity index (χ1v) is 9.27. The number of rotatable bonds is 6. The molecule has 9 heteroatoms. The van der Waals surface area contributed by atoms with E-state index < -0.39 is 15.8 Å². The fraction of sp³-hybridized carbons (Fsp3) is 0.111. The highest BCUT2D eigenvalue weighted by molar-refractivity contribution is 7.89. The molecule has 0 fully saturated rings. The second kappa shape index (κ2) is 7.77. The summed E-state index contributed by atoms with van der Waals surface area (Å²) in [5, 5.41) is 0. The maximum absolute atomic E-state index is 13.7. The van der Waals surface area contributed by atoms with Crippen molar-refractivity contribution in [1.29, 1.82) is 0 Å². The third kappa shape index (κ3) is 4.44. The highest BCUT2D eigenvalue weighted by atomic mass is 32.2. The lowest BCUT2D eigenvalue weighted by molar-refractivity contribution is 0.385. The van der Waals surface area contributed by atoms with Gasteiger partial charge in [-0.05, 0) is 48.5 Å². The summed E-state index contributed by atoms with van der Waals surface area (Å²) in [5.41, 5.74) is 1.59. The van der Waals surface area contributed by atoms with Crippen molar-refractivity contribution in [2.75, 3.05) is 7.11 Å². The van der Waals surface area contributed by atoms with E-state index in [-0.39, 0.29) is 23.0 Å². The molecule has 0 aliphatic rings. The summed E-state index contributed by atoms with van der Waals surface area (Å²) in [4.78, 5) is 7.89. The number of nitrogens with zero attached hydrogens (tertiary/aromatic N) is 2. The first-order chi connectivity index (χ1) is 12.9. The summed E-state index contributed by atoms with van der Waals surface area (Å²) in [5.74, 6) is -1.19. The Morgan fingerprint density at radius 2 is 1.78 bits per heavy atom. The van der Waals surface area contributed by atoms with Crippen molar-refractivity contribution in [3.8, 4) is 17.0 Å². The number of hydrogen-bond acceptors (Lipinski definition) is 5. The van der Waals surface area contributed by atoms with Crippen molar-refractivity contribution in [2.45, 2.75) is 11.4 Å².